The topological polar surface area (TPSA) is 74.3 Å². The molecule has 0 spiro atoms. The van der Waals surface area contributed by atoms with E-state index < -0.39 is 15.0 Å². The molecule has 0 bridgehead atoms. The van der Waals surface area contributed by atoms with Gasteiger partial charge < -0.3 is 4.55 Å². The van der Waals surface area contributed by atoms with Crippen molar-refractivity contribution in [3.8, 4) is 0 Å². The third kappa shape index (κ3) is 7.56. The molecule has 0 aliphatic heterocycles. The predicted octanol–water partition coefficient (Wildman–Crippen LogP) is 0.384. The van der Waals surface area contributed by atoms with Gasteiger partial charge in [-0.25, -0.2) is 8.42 Å². The monoisotopic (exact) mass is 320 g/mol. The van der Waals surface area contributed by atoms with Crippen LogP contribution in [0.3, 0.4) is 0 Å². The van der Waals surface area contributed by atoms with Crippen LogP contribution in [0.25, 0.3) is 0 Å². The van der Waals surface area contributed by atoms with E-state index in [0.29, 0.717) is 5.92 Å². The second-order valence-electron chi connectivity index (χ2n) is 5.37. The van der Waals surface area contributed by atoms with Crippen LogP contribution in [0.1, 0.15) is 56.3 Å². The van der Waals surface area contributed by atoms with Gasteiger partial charge in [-0.3, -0.25) is 4.79 Å². The predicted molar refractivity (Wildman–Crippen MR) is 76.7 cm³/mol. The Morgan fingerprint density at radius 1 is 1.14 bits per heavy atom. The maximum atomic E-state index is 12.0. The van der Waals surface area contributed by atoms with Gasteiger partial charge >= 0.3 is 29.6 Å². The Hall–Kier alpha value is -0.200. The van der Waals surface area contributed by atoms with Crippen LogP contribution in [0.2, 0.25) is 0 Å². The first-order valence-corrected chi connectivity index (χ1v) is 8.31. The number of hydrogen-bond donors (Lipinski definition) is 0. The maximum Gasteiger partial charge on any atom is 1.00 e. The molecule has 0 N–H and O–H groups in total. The van der Waals surface area contributed by atoms with Crippen LogP contribution in [0, 0.1) is 5.92 Å². The van der Waals surface area contributed by atoms with Gasteiger partial charge in [0.2, 0.25) is 0 Å². The fourth-order valence-electron chi connectivity index (χ4n) is 2.06. The quantitative estimate of drug-likeness (QED) is 0.300. The third-order valence-corrected chi connectivity index (χ3v) is 4.04. The molecule has 0 amide bonds. The first-order valence-electron chi connectivity index (χ1n) is 6.90. The smallest absolute Gasteiger partial charge is 0.744 e. The Morgan fingerprint density at radius 2 is 1.76 bits per heavy atom. The molecule has 0 saturated carbocycles. The van der Waals surface area contributed by atoms with Crippen LogP contribution in [0.4, 0.5) is 0 Å². The zero-order valence-electron chi connectivity index (χ0n) is 13.0. The first kappa shape index (κ1) is 20.8. The summed E-state index contributed by atoms with van der Waals surface area (Å²) in [6, 6.07) is 5.61. The molecule has 0 saturated heterocycles. The molecule has 0 fully saturated rings. The Labute approximate surface area is 149 Å². The molecule has 0 atom stereocenters. The summed E-state index contributed by atoms with van der Waals surface area (Å²) in [5.74, 6) is 0.376. The zero-order chi connectivity index (χ0) is 15.2. The minimum atomic E-state index is -4.60. The molecule has 21 heavy (non-hydrogen) atoms. The molecule has 0 radical (unpaired) electrons. The van der Waals surface area contributed by atoms with Crippen molar-refractivity contribution in [2.24, 2.45) is 5.92 Å². The van der Waals surface area contributed by atoms with Crippen molar-refractivity contribution in [1.29, 1.82) is 0 Å². The number of carbonyl (C=O) groups is 1. The third-order valence-electron chi connectivity index (χ3n) is 3.14. The molecule has 4 nitrogen and oxygen atoms in total. The van der Waals surface area contributed by atoms with Crippen LogP contribution >= 0.6 is 0 Å². The second kappa shape index (κ2) is 9.74. The van der Waals surface area contributed by atoms with Crippen molar-refractivity contribution >= 4 is 15.9 Å². The van der Waals surface area contributed by atoms with Crippen molar-refractivity contribution < 1.29 is 47.3 Å². The van der Waals surface area contributed by atoms with Gasteiger partial charge in [-0.2, -0.15) is 0 Å². The Bertz CT molecular complexity index is 553. The number of hydrogen-bond acceptors (Lipinski definition) is 4. The molecule has 6 heteroatoms. The number of ketones is 1. The SMILES string of the molecule is CC(C)CCCCCC(=O)c1ccccc1S(=O)(=O)[O-].[Na+]. The largest absolute Gasteiger partial charge is 1.00 e. The summed E-state index contributed by atoms with van der Waals surface area (Å²) in [6.07, 6.45) is 4.13. The number of benzene rings is 1. The number of carbonyl (C=O) groups excluding carboxylic acids is 1. The number of Topliss-reactive ketones (excluding diaryl/α,β-unsaturated/α-hetero) is 1. The molecule has 0 unspecified atom stereocenters. The van der Waals surface area contributed by atoms with E-state index in [0.717, 1.165) is 25.7 Å². The van der Waals surface area contributed by atoms with Crippen LogP contribution in [-0.4, -0.2) is 18.8 Å². The van der Waals surface area contributed by atoms with Gasteiger partial charge in [0.05, 0.1) is 4.90 Å². The molecule has 1 aromatic carbocycles. The Morgan fingerprint density at radius 3 is 2.33 bits per heavy atom. The van der Waals surface area contributed by atoms with Gasteiger partial charge in [-0.1, -0.05) is 51.3 Å². The van der Waals surface area contributed by atoms with Gasteiger partial charge in [-0.05, 0) is 18.4 Å². The summed E-state index contributed by atoms with van der Waals surface area (Å²) < 4.78 is 33.3. The van der Waals surface area contributed by atoms with E-state index in [1.807, 2.05) is 0 Å². The van der Waals surface area contributed by atoms with Crippen molar-refractivity contribution in [1.82, 2.24) is 0 Å². The van der Waals surface area contributed by atoms with Gasteiger partial charge in [0.1, 0.15) is 10.1 Å². The molecule has 112 valence electrons. The van der Waals surface area contributed by atoms with Gasteiger partial charge in [-0.15, -0.1) is 0 Å². The number of rotatable bonds is 8. The van der Waals surface area contributed by atoms with E-state index in [4.69, 9.17) is 0 Å². The maximum absolute atomic E-state index is 12.0. The van der Waals surface area contributed by atoms with E-state index in [1.54, 1.807) is 6.07 Å². The zero-order valence-corrected chi connectivity index (χ0v) is 15.8. The summed E-state index contributed by atoms with van der Waals surface area (Å²) in [4.78, 5) is 11.6. The summed E-state index contributed by atoms with van der Waals surface area (Å²) in [7, 11) is -4.60. The van der Waals surface area contributed by atoms with Crippen molar-refractivity contribution in [2.45, 2.75) is 50.8 Å². The number of unbranched alkanes of at least 4 members (excludes halogenated alkanes) is 2. The van der Waals surface area contributed by atoms with Crippen LogP contribution in [0.5, 0.6) is 0 Å². The summed E-state index contributed by atoms with van der Waals surface area (Å²) in [5, 5.41) is 0. The van der Waals surface area contributed by atoms with E-state index >= 15 is 0 Å². The van der Waals surface area contributed by atoms with E-state index in [2.05, 4.69) is 13.8 Å². The molecule has 0 aromatic heterocycles. The second-order valence-corrected chi connectivity index (χ2v) is 6.71. The van der Waals surface area contributed by atoms with E-state index in [9.17, 15) is 17.8 Å². The van der Waals surface area contributed by atoms with Crippen LogP contribution in [-0.2, 0) is 10.1 Å². The molecule has 1 rings (SSSR count). The fraction of sp³-hybridized carbons (Fsp3) is 0.533. The Balaban J connectivity index is 0.00000400. The minimum absolute atomic E-state index is 0. The summed E-state index contributed by atoms with van der Waals surface area (Å²) >= 11 is 0. The normalized spacial score (nSPS) is 11.2. The molecular weight excluding hydrogens is 299 g/mol. The Kier molecular flexibility index (Phi) is 9.65. The standard InChI is InChI=1S/C15H22O4S.Na/c1-12(2)8-4-3-5-10-14(16)13-9-6-7-11-15(13)20(17,18)19;/h6-7,9,11-12H,3-5,8,10H2,1-2H3,(H,17,18,19);/q;+1/p-1. The average Bonchev–Trinajstić information content (AvgIpc) is 2.36. The van der Waals surface area contributed by atoms with Crippen molar-refractivity contribution in [2.75, 3.05) is 0 Å². The van der Waals surface area contributed by atoms with E-state index in [-0.39, 0.29) is 47.3 Å². The first-order chi connectivity index (χ1) is 9.32. The molecule has 0 aliphatic carbocycles. The average molecular weight is 320 g/mol. The summed E-state index contributed by atoms with van der Waals surface area (Å²) in [6.45, 7) is 4.31. The van der Waals surface area contributed by atoms with Gasteiger partial charge in [0.15, 0.2) is 5.78 Å². The van der Waals surface area contributed by atoms with Crippen molar-refractivity contribution in [3.63, 3.8) is 0 Å². The molecule has 0 heterocycles. The minimum Gasteiger partial charge on any atom is -0.744 e. The summed E-state index contributed by atoms with van der Waals surface area (Å²) in [5.41, 5.74) is 0.0198. The van der Waals surface area contributed by atoms with Gasteiger partial charge in [0.25, 0.3) is 0 Å². The molecule has 1 aromatic rings. The van der Waals surface area contributed by atoms with Crippen LogP contribution in [0.15, 0.2) is 29.2 Å². The molecular formula is C15H21NaO4S. The fourth-order valence-corrected chi connectivity index (χ4v) is 2.76. The van der Waals surface area contributed by atoms with E-state index in [1.165, 1.54) is 18.2 Å². The van der Waals surface area contributed by atoms with Crippen molar-refractivity contribution in [3.05, 3.63) is 29.8 Å². The van der Waals surface area contributed by atoms with Gasteiger partial charge in [0, 0.05) is 12.0 Å². The molecule has 0 aliphatic rings. The van der Waals surface area contributed by atoms with Crippen LogP contribution < -0.4 is 29.6 Å².